The number of nitrogens with zero attached hydrogens (tertiary/aromatic N) is 1. The normalized spacial score (nSPS) is 13.6. The molecule has 0 atom stereocenters. The van der Waals surface area contributed by atoms with E-state index >= 15 is 0 Å². The average Bonchev–Trinajstić information content (AvgIpc) is 2.28. The molecule has 0 unspecified atom stereocenters. The third kappa shape index (κ3) is 1.83. The van der Waals surface area contributed by atoms with Crippen LogP contribution in [0.3, 0.4) is 0 Å². The van der Waals surface area contributed by atoms with Crippen molar-refractivity contribution in [3.05, 3.63) is 23.3 Å². The summed E-state index contributed by atoms with van der Waals surface area (Å²) in [5.74, 6) is 1.96. The van der Waals surface area contributed by atoms with E-state index in [0.29, 0.717) is 25.6 Å². The highest BCUT2D eigenvalue weighted by Crippen LogP contribution is 2.39. The lowest BCUT2D eigenvalue weighted by Crippen LogP contribution is -2.17. The summed E-state index contributed by atoms with van der Waals surface area (Å²) >= 11 is 0. The molecule has 1 aliphatic rings. The van der Waals surface area contributed by atoms with Crippen LogP contribution in [0.5, 0.6) is 11.5 Å². The Bertz CT molecular complexity index is 432. The van der Waals surface area contributed by atoms with Crippen molar-refractivity contribution in [2.24, 2.45) is 0 Å². The maximum Gasteiger partial charge on any atom is 0.165 e. The number of nitriles is 1. The highest BCUT2D eigenvalue weighted by atomic mass is 16.6. The molecule has 0 radical (unpaired) electrons. The predicted octanol–water partition coefficient (Wildman–Crippen LogP) is 2.65. The van der Waals surface area contributed by atoms with Crippen LogP contribution in [0.2, 0.25) is 0 Å². The van der Waals surface area contributed by atoms with Gasteiger partial charge in [-0.15, -0.1) is 0 Å². The first-order valence-corrected chi connectivity index (χ1v) is 5.52. The number of rotatable bonds is 2. The number of hydrogen-bond donors (Lipinski definition) is 0. The summed E-state index contributed by atoms with van der Waals surface area (Å²) in [6.45, 7) is 5.40. The first kappa shape index (κ1) is 10.8. The van der Waals surface area contributed by atoms with Gasteiger partial charge >= 0.3 is 0 Å². The number of fused-ring (bicyclic) bond motifs is 1. The van der Waals surface area contributed by atoms with Gasteiger partial charge in [0.05, 0.1) is 12.5 Å². The summed E-state index contributed by atoms with van der Waals surface area (Å²) in [4.78, 5) is 0. The summed E-state index contributed by atoms with van der Waals surface area (Å²) in [7, 11) is 0. The van der Waals surface area contributed by atoms with Gasteiger partial charge in [-0.05, 0) is 17.5 Å². The van der Waals surface area contributed by atoms with E-state index in [2.05, 4.69) is 19.9 Å². The van der Waals surface area contributed by atoms with Gasteiger partial charge in [0.15, 0.2) is 11.5 Å². The Kier molecular flexibility index (Phi) is 3.00. The quantitative estimate of drug-likeness (QED) is 0.764. The fourth-order valence-electron chi connectivity index (χ4n) is 2.05. The highest BCUT2D eigenvalue weighted by Gasteiger charge is 2.20. The van der Waals surface area contributed by atoms with Crippen molar-refractivity contribution in [1.82, 2.24) is 0 Å². The minimum Gasteiger partial charge on any atom is -0.486 e. The molecule has 2 rings (SSSR count). The Morgan fingerprint density at radius 2 is 2.06 bits per heavy atom. The molecule has 0 saturated heterocycles. The minimum atomic E-state index is 0.333. The lowest BCUT2D eigenvalue weighted by Gasteiger charge is -2.24. The van der Waals surface area contributed by atoms with Crippen molar-refractivity contribution >= 4 is 0 Å². The summed E-state index contributed by atoms with van der Waals surface area (Å²) in [6, 6.07) is 6.05. The van der Waals surface area contributed by atoms with Gasteiger partial charge in [-0.2, -0.15) is 5.26 Å². The van der Waals surface area contributed by atoms with E-state index in [-0.39, 0.29) is 0 Å². The fraction of sp³-hybridized carbons (Fsp3) is 0.462. The topological polar surface area (TPSA) is 42.2 Å². The van der Waals surface area contributed by atoms with Crippen molar-refractivity contribution in [2.75, 3.05) is 13.2 Å². The Morgan fingerprint density at radius 3 is 2.75 bits per heavy atom. The Hall–Kier alpha value is -1.69. The van der Waals surface area contributed by atoms with E-state index in [9.17, 15) is 0 Å². The summed E-state index contributed by atoms with van der Waals surface area (Å²) in [5.41, 5.74) is 2.15. The molecule has 3 nitrogen and oxygen atoms in total. The van der Waals surface area contributed by atoms with Crippen LogP contribution >= 0.6 is 0 Å². The van der Waals surface area contributed by atoms with E-state index in [1.54, 1.807) is 0 Å². The Labute approximate surface area is 95.6 Å². The lowest BCUT2D eigenvalue weighted by molar-refractivity contribution is 0.169. The summed E-state index contributed by atoms with van der Waals surface area (Å²) in [6.07, 6.45) is 0.421. The third-order valence-corrected chi connectivity index (χ3v) is 2.68. The Morgan fingerprint density at radius 1 is 1.31 bits per heavy atom. The van der Waals surface area contributed by atoms with Crippen molar-refractivity contribution in [3.8, 4) is 17.6 Å². The molecule has 0 amide bonds. The third-order valence-electron chi connectivity index (χ3n) is 2.68. The SMILES string of the molecule is CC(C)c1c(CC#N)ccc2c1OCCO2. The van der Waals surface area contributed by atoms with Crippen LogP contribution in [0.1, 0.15) is 30.9 Å². The molecule has 3 heteroatoms. The molecule has 16 heavy (non-hydrogen) atoms. The van der Waals surface area contributed by atoms with Crippen LogP contribution in [0, 0.1) is 11.3 Å². The summed E-state index contributed by atoms with van der Waals surface area (Å²) in [5, 5.41) is 8.81. The second kappa shape index (κ2) is 4.44. The van der Waals surface area contributed by atoms with E-state index in [0.717, 1.165) is 22.6 Å². The van der Waals surface area contributed by atoms with Gasteiger partial charge in [-0.1, -0.05) is 19.9 Å². The monoisotopic (exact) mass is 217 g/mol. The molecule has 1 aromatic rings. The molecule has 0 spiro atoms. The predicted molar refractivity (Wildman–Crippen MR) is 60.8 cm³/mol. The van der Waals surface area contributed by atoms with Crippen LogP contribution in [0.25, 0.3) is 0 Å². The second-order valence-electron chi connectivity index (χ2n) is 4.15. The highest BCUT2D eigenvalue weighted by molar-refractivity contribution is 5.53. The summed E-state index contributed by atoms with van der Waals surface area (Å²) < 4.78 is 11.2. The van der Waals surface area contributed by atoms with Crippen molar-refractivity contribution in [2.45, 2.75) is 26.2 Å². The molecule has 0 bridgehead atoms. The van der Waals surface area contributed by atoms with Crippen molar-refractivity contribution < 1.29 is 9.47 Å². The van der Waals surface area contributed by atoms with Gasteiger partial charge in [-0.3, -0.25) is 0 Å². The molecular weight excluding hydrogens is 202 g/mol. The molecule has 0 N–H and O–H groups in total. The molecule has 1 aliphatic heterocycles. The Balaban J connectivity index is 2.53. The van der Waals surface area contributed by atoms with Crippen LogP contribution in [0.4, 0.5) is 0 Å². The molecule has 1 heterocycles. The number of hydrogen-bond acceptors (Lipinski definition) is 3. The molecule has 84 valence electrons. The second-order valence-corrected chi connectivity index (χ2v) is 4.15. The lowest BCUT2D eigenvalue weighted by atomic mass is 9.94. The van der Waals surface area contributed by atoms with E-state index in [1.165, 1.54) is 0 Å². The van der Waals surface area contributed by atoms with Crippen LogP contribution in [-0.4, -0.2) is 13.2 Å². The molecule has 0 aromatic heterocycles. The van der Waals surface area contributed by atoms with Gasteiger partial charge < -0.3 is 9.47 Å². The van der Waals surface area contributed by atoms with Crippen LogP contribution in [0.15, 0.2) is 12.1 Å². The van der Waals surface area contributed by atoms with Gasteiger partial charge in [0.2, 0.25) is 0 Å². The number of ether oxygens (including phenoxy) is 2. The first-order valence-electron chi connectivity index (χ1n) is 5.52. The first-order chi connectivity index (χ1) is 7.74. The maximum absolute atomic E-state index is 8.81. The van der Waals surface area contributed by atoms with Crippen LogP contribution in [-0.2, 0) is 6.42 Å². The smallest absolute Gasteiger partial charge is 0.165 e. The number of benzene rings is 1. The van der Waals surface area contributed by atoms with E-state index in [4.69, 9.17) is 14.7 Å². The zero-order chi connectivity index (χ0) is 11.5. The molecular formula is C13H15NO2. The van der Waals surface area contributed by atoms with E-state index < -0.39 is 0 Å². The molecule has 1 aromatic carbocycles. The maximum atomic E-state index is 8.81. The molecule has 0 saturated carbocycles. The molecule has 0 aliphatic carbocycles. The van der Waals surface area contributed by atoms with Gasteiger partial charge in [0, 0.05) is 5.56 Å². The fourth-order valence-corrected chi connectivity index (χ4v) is 2.05. The van der Waals surface area contributed by atoms with Gasteiger partial charge in [0.1, 0.15) is 13.2 Å². The van der Waals surface area contributed by atoms with Crippen molar-refractivity contribution in [3.63, 3.8) is 0 Å². The molecule has 0 fully saturated rings. The average molecular weight is 217 g/mol. The van der Waals surface area contributed by atoms with E-state index in [1.807, 2.05) is 12.1 Å². The largest absolute Gasteiger partial charge is 0.486 e. The van der Waals surface area contributed by atoms with Crippen molar-refractivity contribution in [1.29, 1.82) is 5.26 Å². The standard InChI is InChI=1S/C13H15NO2/c1-9(2)12-10(5-6-14)3-4-11-13(12)16-8-7-15-11/h3-4,9H,5,7-8H2,1-2H3. The zero-order valence-corrected chi connectivity index (χ0v) is 9.62. The van der Waals surface area contributed by atoms with Gasteiger partial charge in [-0.25, -0.2) is 0 Å². The van der Waals surface area contributed by atoms with Gasteiger partial charge in [0.25, 0.3) is 0 Å². The zero-order valence-electron chi connectivity index (χ0n) is 9.62. The minimum absolute atomic E-state index is 0.333. The van der Waals surface area contributed by atoms with Crippen LogP contribution < -0.4 is 9.47 Å².